The van der Waals surface area contributed by atoms with Gasteiger partial charge < -0.3 is 14.2 Å². The smallest absolute Gasteiger partial charge is 0.316 e. The first-order valence-corrected chi connectivity index (χ1v) is 9.84. The first-order valence-electron chi connectivity index (χ1n) is 8.69. The molecule has 0 radical (unpaired) electrons. The topological polar surface area (TPSA) is 85.2 Å². The van der Waals surface area contributed by atoms with Crippen LogP contribution in [0.25, 0.3) is 10.9 Å². The highest BCUT2D eigenvalue weighted by atomic mass is 32.2. The number of carbonyl (C=O) groups excluding carboxylic acids is 2. The number of ketones is 1. The number of hydrogen-bond acceptors (Lipinski definition) is 6. The van der Waals surface area contributed by atoms with E-state index in [0.29, 0.717) is 11.3 Å². The molecule has 2 aromatic heterocycles. The number of nitrogens with zero attached hydrogens (tertiary/aromatic N) is 1. The zero-order valence-electron chi connectivity index (χ0n) is 15.8. The first-order chi connectivity index (χ1) is 12.9. The zero-order valence-corrected chi connectivity index (χ0v) is 16.6. The van der Waals surface area contributed by atoms with E-state index in [1.807, 2.05) is 45.0 Å². The molecule has 7 heteroatoms. The lowest BCUT2D eigenvalue weighted by Gasteiger charge is -2.12. The van der Waals surface area contributed by atoms with Crippen LogP contribution in [0, 0.1) is 20.8 Å². The monoisotopic (exact) mass is 386 g/mol. The van der Waals surface area contributed by atoms with Crippen LogP contribution in [0.1, 0.15) is 40.0 Å². The van der Waals surface area contributed by atoms with Crippen LogP contribution >= 0.6 is 11.8 Å². The van der Waals surface area contributed by atoms with Gasteiger partial charge in [-0.2, -0.15) is 0 Å². The molecule has 0 unspecified atom stereocenters. The minimum Gasteiger partial charge on any atom is -0.454 e. The minimum absolute atomic E-state index is 0.161. The molecule has 3 aromatic rings. The number of fused-ring (bicyclic) bond motifs is 1. The van der Waals surface area contributed by atoms with Crippen molar-refractivity contribution in [1.29, 1.82) is 0 Å². The Kier molecular flexibility index (Phi) is 5.70. The Labute approximate surface area is 161 Å². The Hall–Kier alpha value is -2.54. The van der Waals surface area contributed by atoms with Gasteiger partial charge in [-0.05, 0) is 33.8 Å². The Balaban J connectivity index is 1.59. The number of esters is 1. The van der Waals surface area contributed by atoms with E-state index in [-0.39, 0.29) is 11.5 Å². The number of aryl methyl sites for hydroxylation is 3. The van der Waals surface area contributed by atoms with Crippen LogP contribution in [0.15, 0.2) is 28.8 Å². The summed E-state index contributed by atoms with van der Waals surface area (Å²) in [6.45, 7) is 7.18. The van der Waals surface area contributed by atoms with Gasteiger partial charge in [-0.1, -0.05) is 23.4 Å². The number of aromatic nitrogens is 2. The van der Waals surface area contributed by atoms with Gasteiger partial charge in [0.2, 0.25) is 5.78 Å². The van der Waals surface area contributed by atoms with Crippen molar-refractivity contribution in [3.8, 4) is 0 Å². The van der Waals surface area contributed by atoms with Crippen molar-refractivity contribution in [1.82, 2.24) is 10.1 Å². The molecule has 0 spiro atoms. The van der Waals surface area contributed by atoms with Gasteiger partial charge >= 0.3 is 5.97 Å². The number of carbonyl (C=O) groups is 2. The average molecular weight is 386 g/mol. The summed E-state index contributed by atoms with van der Waals surface area (Å²) in [6, 6.07) is 7.60. The molecule has 142 valence electrons. The highest BCUT2D eigenvalue weighted by molar-refractivity contribution is 7.99. The van der Waals surface area contributed by atoms with Crippen molar-refractivity contribution in [2.24, 2.45) is 0 Å². The molecule has 27 heavy (non-hydrogen) atoms. The molecule has 3 rings (SSSR count). The number of Topliss-reactive ketones (excluding diaryl/α,β-unsaturated/α-hetero) is 1. The number of ether oxygens (including phenoxy) is 1. The lowest BCUT2D eigenvalue weighted by atomic mass is 10.0. The van der Waals surface area contributed by atoms with Crippen molar-refractivity contribution in [2.45, 2.75) is 39.6 Å². The van der Waals surface area contributed by atoms with Crippen molar-refractivity contribution >= 4 is 34.4 Å². The number of hydrogen-bond donors (Lipinski definition) is 1. The molecule has 0 aliphatic carbocycles. The highest BCUT2D eigenvalue weighted by Gasteiger charge is 2.24. The van der Waals surface area contributed by atoms with E-state index in [4.69, 9.17) is 9.26 Å². The molecule has 0 bridgehead atoms. The normalized spacial score (nSPS) is 12.3. The van der Waals surface area contributed by atoms with E-state index in [0.717, 1.165) is 33.6 Å². The number of para-hydroxylation sites is 1. The third kappa shape index (κ3) is 4.08. The number of rotatable bonds is 7. The van der Waals surface area contributed by atoms with E-state index in [2.05, 4.69) is 10.1 Å². The van der Waals surface area contributed by atoms with Crippen molar-refractivity contribution in [3.63, 3.8) is 0 Å². The van der Waals surface area contributed by atoms with Crippen LogP contribution in [-0.2, 0) is 15.3 Å². The van der Waals surface area contributed by atoms with Gasteiger partial charge in [0.25, 0.3) is 0 Å². The van der Waals surface area contributed by atoms with Gasteiger partial charge in [-0.3, -0.25) is 9.59 Å². The van der Waals surface area contributed by atoms with E-state index in [1.165, 1.54) is 11.8 Å². The number of nitrogens with one attached hydrogen (secondary N) is 1. The summed E-state index contributed by atoms with van der Waals surface area (Å²) in [5.41, 5.74) is 4.07. The Morgan fingerprint density at radius 3 is 2.70 bits per heavy atom. The Morgan fingerprint density at radius 2 is 2.00 bits per heavy atom. The van der Waals surface area contributed by atoms with Crippen LogP contribution in [0.2, 0.25) is 0 Å². The number of thioether (sulfide) groups is 1. The lowest BCUT2D eigenvalue weighted by Crippen LogP contribution is -2.25. The van der Waals surface area contributed by atoms with Gasteiger partial charge in [0.1, 0.15) is 5.76 Å². The molecule has 1 aromatic carbocycles. The second kappa shape index (κ2) is 8.00. The summed E-state index contributed by atoms with van der Waals surface area (Å²) in [5, 5.41) is 4.74. The minimum atomic E-state index is -0.838. The molecule has 2 heterocycles. The van der Waals surface area contributed by atoms with E-state index in [9.17, 15) is 9.59 Å². The van der Waals surface area contributed by atoms with E-state index in [1.54, 1.807) is 6.92 Å². The predicted octanol–water partition coefficient (Wildman–Crippen LogP) is 4.13. The van der Waals surface area contributed by atoms with Crippen LogP contribution < -0.4 is 0 Å². The number of benzene rings is 1. The van der Waals surface area contributed by atoms with Crippen LogP contribution in [0.4, 0.5) is 0 Å². The van der Waals surface area contributed by atoms with Crippen LogP contribution in [0.5, 0.6) is 0 Å². The van der Waals surface area contributed by atoms with E-state index < -0.39 is 12.1 Å². The van der Waals surface area contributed by atoms with Gasteiger partial charge in [0.15, 0.2) is 6.10 Å². The molecule has 0 amide bonds. The summed E-state index contributed by atoms with van der Waals surface area (Å²) in [5.74, 6) is 0.917. The predicted molar refractivity (Wildman–Crippen MR) is 105 cm³/mol. The van der Waals surface area contributed by atoms with Gasteiger partial charge in [-0.15, -0.1) is 11.8 Å². The standard InChI is InChI=1S/C20H22N2O4S/c1-11-16(13(3)26-22-11)9-27-10-18(23)25-14(4)20(24)19-12(2)21-17-8-6-5-7-15(17)19/h5-8,14,21H,9-10H2,1-4H3/t14-/m1/s1. The molecular formula is C20H22N2O4S. The first kappa shape index (κ1) is 19.2. The summed E-state index contributed by atoms with van der Waals surface area (Å²) >= 11 is 1.41. The van der Waals surface area contributed by atoms with Gasteiger partial charge in [-0.25, -0.2) is 0 Å². The fourth-order valence-corrected chi connectivity index (χ4v) is 3.98. The quantitative estimate of drug-likeness (QED) is 0.485. The van der Waals surface area contributed by atoms with Crippen LogP contribution in [-0.4, -0.2) is 33.8 Å². The fourth-order valence-electron chi connectivity index (χ4n) is 3.03. The van der Waals surface area contributed by atoms with Crippen LogP contribution in [0.3, 0.4) is 0 Å². The fraction of sp³-hybridized carbons (Fsp3) is 0.350. The Morgan fingerprint density at radius 1 is 1.26 bits per heavy atom. The summed E-state index contributed by atoms with van der Waals surface area (Å²) < 4.78 is 10.5. The largest absolute Gasteiger partial charge is 0.454 e. The third-order valence-corrected chi connectivity index (χ3v) is 5.40. The maximum atomic E-state index is 12.8. The van der Waals surface area contributed by atoms with Crippen molar-refractivity contribution in [3.05, 3.63) is 52.5 Å². The highest BCUT2D eigenvalue weighted by Crippen LogP contribution is 2.24. The average Bonchev–Trinajstić information content (AvgIpc) is 3.13. The maximum Gasteiger partial charge on any atom is 0.316 e. The molecule has 1 atom stereocenters. The molecule has 0 saturated heterocycles. The molecule has 0 fully saturated rings. The molecule has 0 aliphatic rings. The summed E-state index contributed by atoms with van der Waals surface area (Å²) in [7, 11) is 0. The summed E-state index contributed by atoms with van der Waals surface area (Å²) in [6.07, 6.45) is -0.838. The molecule has 1 N–H and O–H groups in total. The van der Waals surface area contributed by atoms with Gasteiger partial charge in [0, 0.05) is 33.5 Å². The van der Waals surface area contributed by atoms with Gasteiger partial charge in [0.05, 0.1) is 11.4 Å². The second-order valence-electron chi connectivity index (χ2n) is 6.46. The van der Waals surface area contributed by atoms with E-state index >= 15 is 0 Å². The second-order valence-corrected chi connectivity index (χ2v) is 7.45. The summed E-state index contributed by atoms with van der Waals surface area (Å²) in [4.78, 5) is 28.1. The lowest BCUT2D eigenvalue weighted by molar-refractivity contribution is -0.143. The number of H-pyrrole nitrogens is 1. The molecular weight excluding hydrogens is 364 g/mol. The Bertz CT molecular complexity index is 970. The zero-order chi connectivity index (χ0) is 19.6. The van der Waals surface area contributed by atoms with Crippen molar-refractivity contribution in [2.75, 3.05) is 5.75 Å². The molecule has 0 saturated carbocycles. The number of aromatic amines is 1. The third-order valence-electron chi connectivity index (χ3n) is 4.46. The van der Waals surface area contributed by atoms with Crippen molar-refractivity contribution < 1.29 is 18.8 Å². The maximum absolute atomic E-state index is 12.8. The SMILES string of the molecule is Cc1noc(C)c1CSCC(=O)O[C@H](C)C(=O)c1c(C)[nH]c2ccccc12. The molecule has 0 aliphatic heterocycles. The molecule has 6 nitrogen and oxygen atoms in total.